The third-order valence-electron chi connectivity index (χ3n) is 2.90. The Morgan fingerprint density at radius 3 is 2.38 bits per heavy atom. The Balaban J connectivity index is 2.76. The van der Waals surface area contributed by atoms with E-state index < -0.39 is 21.9 Å². The number of carboxylic acid groups (broad SMARTS) is 1. The number of amides is 1. The molecular weight excluding hydrogens is 298 g/mol. The van der Waals surface area contributed by atoms with Crippen LogP contribution in [-0.2, 0) is 10.0 Å². The van der Waals surface area contributed by atoms with Gasteiger partial charge in [0.2, 0.25) is 10.0 Å². The van der Waals surface area contributed by atoms with Gasteiger partial charge in [0.1, 0.15) is 5.69 Å². The van der Waals surface area contributed by atoms with Crippen molar-refractivity contribution in [3.63, 3.8) is 0 Å². The number of aromatic amines is 1. The predicted octanol–water partition coefficient (Wildman–Crippen LogP) is -0.00116. The van der Waals surface area contributed by atoms with E-state index in [0.717, 1.165) is 0 Å². The van der Waals surface area contributed by atoms with Gasteiger partial charge in [-0.05, 0) is 19.4 Å². The second kappa shape index (κ2) is 6.72. The van der Waals surface area contributed by atoms with E-state index in [4.69, 9.17) is 5.11 Å². The maximum absolute atomic E-state index is 12.0. The maximum Gasteiger partial charge on any atom is 0.352 e. The Labute approximate surface area is 123 Å². The minimum atomic E-state index is -3.40. The molecular formula is C12H19N3O5S. The Morgan fingerprint density at radius 1 is 1.29 bits per heavy atom. The third-order valence-corrected chi connectivity index (χ3v) is 4.37. The van der Waals surface area contributed by atoms with Crippen molar-refractivity contribution in [2.75, 3.05) is 18.8 Å². The van der Waals surface area contributed by atoms with Crippen LogP contribution < -0.4 is 10.0 Å². The molecule has 0 spiro atoms. The maximum atomic E-state index is 12.0. The van der Waals surface area contributed by atoms with Crippen LogP contribution in [-0.4, -0.2) is 49.2 Å². The van der Waals surface area contributed by atoms with Crippen LogP contribution in [0.1, 0.15) is 39.0 Å². The average molecular weight is 317 g/mol. The molecule has 1 rings (SSSR count). The van der Waals surface area contributed by atoms with Crippen LogP contribution in [0, 0.1) is 13.8 Å². The summed E-state index contributed by atoms with van der Waals surface area (Å²) in [5, 5.41) is 11.5. The first-order chi connectivity index (χ1) is 9.69. The fourth-order valence-corrected chi connectivity index (χ4v) is 2.94. The van der Waals surface area contributed by atoms with E-state index >= 15 is 0 Å². The molecule has 1 aromatic rings. The molecule has 0 aliphatic rings. The Bertz CT molecular complexity index is 648. The van der Waals surface area contributed by atoms with Gasteiger partial charge in [0.25, 0.3) is 5.91 Å². The van der Waals surface area contributed by atoms with Gasteiger partial charge < -0.3 is 15.4 Å². The zero-order valence-electron chi connectivity index (χ0n) is 12.1. The molecule has 0 atom stereocenters. The predicted molar refractivity (Wildman–Crippen MR) is 77.0 cm³/mol. The van der Waals surface area contributed by atoms with Gasteiger partial charge in [-0.15, -0.1) is 0 Å². The molecule has 9 heteroatoms. The first kappa shape index (κ1) is 17.2. The van der Waals surface area contributed by atoms with Crippen molar-refractivity contribution in [1.29, 1.82) is 0 Å². The van der Waals surface area contributed by atoms with Gasteiger partial charge in [-0.25, -0.2) is 17.9 Å². The lowest BCUT2D eigenvalue weighted by molar-refractivity contribution is 0.0690. The van der Waals surface area contributed by atoms with E-state index in [-0.39, 0.29) is 30.1 Å². The second-order valence-corrected chi connectivity index (χ2v) is 6.43. The molecule has 1 amide bonds. The molecule has 0 bridgehead atoms. The molecule has 4 N–H and O–H groups in total. The lowest BCUT2D eigenvalue weighted by atomic mass is 10.1. The van der Waals surface area contributed by atoms with Gasteiger partial charge in [0.05, 0.1) is 11.3 Å². The summed E-state index contributed by atoms with van der Waals surface area (Å²) in [6.07, 6.45) is 0. The second-order valence-electron chi connectivity index (χ2n) is 4.50. The van der Waals surface area contributed by atoms with Crippen molar-refractivity contribution in [1.82, 2.24) is 15.0 Å². The molecule has 0 unspecified atom stereocenters. The zero-order valence-corrected chi connectivity index (χ0v) is 12.9. The first-order valence-corrected chi connectivity index (χ1v) is 8.02. The van der Waals surface area contributed by atoms with Crippen molar-refractivity contribution in [3.8, 4) is 0 Å². The molecule has 0 aromatic carbocycles. The van der Waals surface area contributed by atoms with Crippen LogP contribution in [0.4, 0.5) is 0 Å². The van der Waals surface area contributed by atoms with Crippen LogP contribution >= 0.6 is 0 Å². The number of rotatable bonds is 7. The minimum absolute atomic E-state index is 0.0436. The van der Waals surface area contributed by atoms with Crippen molar-refractivity contribution in [2.45, 2.75) is 20.8 Å². The Kier molecular flexibility index (Phi) is 5.50. The summed E-state index contributed by atoms with van der Waals surface area (Å²) in [4.78, 5) is 25.6. The summed E-state index contributed by atoms with van der Waals surface area (Å²) in [5.41, 5.74) is 0.940. The third kappa shape index (κ3) is 4.30. The number of aromatic nitrogens is 1. The number of carbonyl (C=O) groups is 2. The zero-order chi connectivity index (χ0) is 16.2. The molecule has 1 aromatic heterocycles. The number of hydrogen-bond acceptors (Lipinski definition) is 4. The Morgan fingerprint density at radius 2 is 1.90 bits per heavy atom. The molecule has 0 fully saturated rings. The number of aryl methyl sites for hydroxylation is 1. The van der Waals surface area contributed by atoms with E-state index in [2.05, 4.69) is 15.0 Å². The molecule has 8 nitrogen and oxygen atoms in total. The highest BCUT2D eigenvalue weighted by Crippen LogP contribution is 2.17. The van der Waals surface area contributed by atoms with E-state index in [1.807, 2.05) is 0 Å². The molecule has 0 radical (unpaired) electrons. The van der Waals surface area contributed by atoms with Crippen LogP contribution in [0.25, 0.3) is 0 Å². The quantitative estimate of drug-likeness (QED) is 0.562. The molecule has 118 valence electrons. The van der Waals surface area contributed by atoms with Crippen LogP contribution in [0.2, 0.25) is 0 Å². The van der Waals surface area contributed by atoms with Crippen LogP contribution in [0.15, 0.2) is 0 Å². The van der Waals surface area contributed by atoms with E-state index in [1.54, 1.807) is 13.8 Å². The van der Waals surface area contributed by atoms with Crippen molar-refractivity contribution in [3.05, 3.63) is 22.5 Å². The topological polar surface area (TPSA) is 128 Å². The SMILES string of the molecule is CCNS(=O)(=O)CCNC(=O)c1c(C)[nH]c(C(=O)O)c1C. The number of carbonyl (C=O) groups excluding carboxylic acids is 1. The van der Waals surface area contributed by atoms with E-state index in [9.17, 15) is 18.0 Å². The minimum Gasteiger partial charge on any atom is -0.477 e. The summed E-state index contributed by atoms with van der Waals surface area (Å²) < 4.78 is 25.2. The number of aromatic carboxylic acids is 1. The number of hydrogen-bond donors (Lipinski definition) is 4. The first-order valence-electron chi connectivity index (χ1n) is 6.37. The molecule has 0 saturated heterocycles. The number of sulfonamides is 1. The summed E-state index contributed by atoms with van der Waals surface area (Å²) in [6, 6.07) is 0. The number of nitrogens with one attached hydrogen (secondary N) is 3. The lowest BCUT2D eigenvalue weighted by Gasteiger charge is -2.07. The molecule has 0 saturated carbocycles. The summed E-state index contributed by atoms with van der Waals surface area (Å²) in [7, 11) is -3.40. The van der Waals surface area contributed by atoms with Crippen molar-refractivity contribution >= 4 is 21.9 Å². The van der Waals surface area contributed by atoms with Crippen molar-refractivity contribution < 1.29 is 23.1 Å². The fraction of sp³-hybridized carbons (Fsp3) is 0.500. The monoisotopic (exact) mass is 317 g/mol. The van der Waals surface area contributed by atoms with Crippen LogP contribution in [0.3, 0.4) is 0 Å². The van der Waals surface area contributed by atoms with Gasteiger partial charge in [-0.3, -0.25) is 4.79 Å². The number of H-pyrrole nitrogens is 1. The standard InChI is InChI=1S/C12H19N3O5S/c1-4-14-21(19,20)6-5-13-11(16)9-7(2)10(12(17)18)15-8(9)3/h14-15H,4-6H2,1-3H3,(H,13,16)(H,17,18). The average Bonchev–Trinajstić information content (AvgIpc) is 2.64. The highest BCUT2D eigenvalue weighted by Gasteiger charge is 2.21. The van der Waals surface area contributed by atoms with Gasteiger partial charge in [0.15, 0.2) is 0 Å². The lowest BCUT2D eigenvalue weighted by Crippen LogP contribution is -2.34. The smallest absolute Gasteiger partial charge is 0.352 e. The van der Waals surface area contributed by atoms with Crippen molar-refractivity contribution in [2.24, 2.45) is 0 Å². The summed E-state index contributed by atoms with van der Waals surface area (Å²) in [6.45, 7) is 5.01. The van der Waals surface area contributed by atoms with Gasteiger partial charge in [-0.1, -0.05) is 6.92 Å². The van der Waals surface area contributed by atoms with Gasteiger partial charge >= 0.3 is 5.97 Å². The normalized spacial score (nSPS) is 11.4. The fourth-order valence-electron chi connectivity index (χ4n) is 1.98. The molecule has 1 heterocycles. The summed E-state index contributed by atoms with van der Waals surface area (Å²) >= 11 is 0. The van der Waals surface area contributed by atoms with E-state index in [0.29, 0.717) is 11.3 Å². The molecule has 0 aliphatic carbocycles. The highest BCUT2D eigenvalue weighted by molar-refractivity contribution is 7.89. The number of carboxylic acids is 1. The van der Waals surface area contributed by atoms with Crippen LogP contribution in [0.5, 0.6) is 0 Å². The highest BCUT2D eigenvalue weighted by atomic mass is 32.2. The molecule has 21 heavy (non-hydrogen) atoms. The van der Waals surface area contributed by atoms with Gasteiger partial charge in [-0.2, -0.15) is 0 Å². The summed E-state index contributed by atoms with van der Waals surface area (Å²) in [5.74, 6) is -1.88. The van der Waals surface area contributed by atoms with Gasteiger partial charge in [0, 0.05) is 18.8 Å². The molecule has 0 aliphatic heterocycles. The Hall–Kier alpha value is -1.87. The largest absolute Gasteiger partial charge is 0.477 e. The van der Waals surface area contributed by atoms with E-state index in [1.165, 1.54) is 6.92 Å².